The van der Waals surface area contributed by atoms with Crippen molar-refractivity contribution >= 4 is 33.9 Å². The molecular weight excluding hydrogens is 240 g/mol. The molecule has 3 rings (SSSR count). The summed E-state index contributed by atoms with van der Waals surface area (Å²) >= 11 is 0. The molecule has 19 heavy (non-hydrogen) atoms. The van der Waals surface area contributed by atoms with E-state index in [2.05, 4.69) is 20.3 Å². The van der Waals surface area contributed by atoms with Gasteiger partial charge < -0.3 is 16.8 Å². The van der Waals surface area contributed by atoms with Crippen molar-refractivity contribution in [2.45, 2.75) is 0 Å². The number of nitrogens with zero attached hydrogens (tertiary/aromatic N) is 3. The molecule has 0 fully saturated rings. The smallest absolute Gasteiger partial charge is 0.159 e. The number of pyridine rings is 1. The molecule has 6 nitrogen and oxygen atoms in total. The van der Waals surface area contributed by atoms with Gasteiger partial charge >= 0.3 is 0 Å². The number of nitrogens with two attached hydrogens (primary N) is 2. The van der Waals surface area contributed by atoms with Gasteiger partial charge in [0.25, 0.3) is 0 Å². The maximum Gasteiger partial charge on any atom is 0.159 e. The number of hydrogen-bond acceptors (Lipinski definition) is 6. The average molecular weight is 252 g/mol. The molecule has 0 radical (unpaired) electrons. The Morgan fingerprint density at radius 1 is 0.947 bits per heavy atom. The average Bonchev–Trinajstić information content (AvgIpc) is 2.44. The Labute approximate surface area is 109 Å². The summed E-state index contributed by atoms with van der Waals surface area (Å²) in [6.45, 7) is 0. The van der Waals surface area contributed by atoms with Crippen LogP contribution >= 0.6 is 0 Å². The Kier molecular flexibility index (Phi) is 2.60. The highest BCUT2D eigenvalue weighted by molar-refractivity contribution is 5.94. The van der Waals surface area contributed by atoms with Gasteiger partial charge in [0.1, 0.15) is 12.0 Å². The molecule has 0 spiro atoms. The first-order valence-electron chi connectivity index (χ1n) is 5.72. The predicted octanol–water partition coefficient (Wildman–Crippen LogP) is 1.93. The van der Waals surface area contributed by atoms with Gasteiger partial charge in [0, 0.05) is 17.3 Å². The van der Waals surface area contributed by atoms with Crippen LogP contribution in [0.5, 0.6) is 0 Å². The third-order valence-electron chi connectivity index (χ3n) is 2.81. The SMILES string of the molecule is Nc1ncnc(Nc2cccc3ncccc23)c1N. The van der Waals surface area contributed by atoms with E-state index in [1.165, 1.54) is 6.33 Å². The van der Waals surface area contributed by atoms with Gasteiger partial charge in [-0.05, 0) is 24.3 Å². The number of nitrogen functional groups attached to an aromatic ring is 2. The zero-order chi connectivity index (χ0) is 13.2. The molecule has 0 bridgehead atoms. The highest BCUT2D eigenvalue weighted by Crippen LogP contribution is 2.28. The maximum absolute atomic E-state index is 5.85. The number of hydrogen-bond donors (Lipinski definition) is 3. The van der Waals surface area contributed by atoms with Gasteiger partial charge in [-0.2, -0.15) is 0 Å². The van der Waals surface area contributed by atoms with Crippen LogP contribution in [0.15, 0.2) is 42.9 Å². The zero-order valence-corrected chi connectivity index (χ0v) is 10.0. The van der Waals surface area contributed by atoms with Crippen molar-refractivity contribution < 1.29 is 0 Å². The van der Waals surface area contributed by atoms with E-state index in [9.17, 15) is 0 Å². The second-order valence-corrected chi connectivity index (χ2v) is 4.02. The van der Waals surface area contributed by atoms with Crippen molar-refractivity contribution in [1.82, 2.24) is 15.0 Å². The Bertz CT molecular complexity index is 735. The predicted molar refractivity (Wildman–Crippen MR) is 75.9 cm³/mol. The van der Waals surface area contributed by atoms with Crippen LogP contribution in [0.3, 0.4) is 0 Å². The lowest BCUT2D eigenvalue weighted by Crippen LogP contribution is -2.04. The lowest BCUT2D eigenvalue weighted by atomic mass is 10.2. The fourth-order valence-electron chi connectivity index (χ4n) is 1.85. The number of aromatic nitrogens is 3. The summed E-state index contributed by atoms with van der Waals surface area (Å²) in [6.07, 6.45) is 3.13. The molecule has 0 unspecified atom stereocenters. The summed E-state index contributed by atoms with van der Waals surface area (Å²) in [5.74, 6) is 0.750. The maximum atomic E-state index is 5.85. The van der Waals surface area contributed by atoms with Gasteiger partial charge in [-0.1, -0.05) is 6.07 Å². The molecule has 5 N–H and O–H groups in total. The minimum absolute atomic E-state index is 0.260. The van der Waals surface area contributed by atoms with Gasteiger partial charge in [0.2, 0.25) is 0 Å². The highest BCUT2D eigenvalue weighted by atomic mass is 15.1. The van der Waals surface area contributed by atoms with E-state index in [-0.39, 0.29) is 5.82 Å². The number of fused-ring (bicyclic) bond motifs is 1. The van der Waals surface area contributed by atoms with E-state index >= 15 is 0 Å². The third-order valence-corrected chi connectivity index (χ3v) is 2.81. The molecule has 6 heteroatoms. The van der Waals surface area contributed by atoms with E-state index < -0.39 is 0 Å². The second kappa shape index (κ2) is 4.41. The lowest BCUT2D eigenvalue weighted by molar-refractivity contribution is 1.18. The van der Waals surface area contributed by atoms with Gasteiger partial charge in [-0.15, -0.1) is 0 Å². The molecule has 1 aromatic carbocycles. The Balaban J connectivity index is 2.09. The molecule has 0 aliphatic heterocycles. The van der Waals surface area contributed by atoms with E-state index in [0.717, 1.165) is 16.6 Å². The van der Waals surface area contributed by atoms with E-state index in [1.54, 1.807) is 6.20 Å². The van der Waals surface area contributed by atoms with Crippen LogP contribution in [-0.4, -0.2) is 15.0 Å². The molecule has 94 valence electrons. The van der Waals surface area contributed by atoms with Crippen LogP contribution in [0.25, 0.3) is 10.9 Å². The number of anilines is 4. The molecule has 2 heterocycles. The quantitative estimate of drug-likeness (QED) is 0.644. The standard InChI is InChI=1S/C13H12N6/c14-11-12(15)17-7-18-13(11)19-10-5-1-4-9-8(10)3-2-6-16-9/h1-7H,14H2,(H3,15,17,18,19). The number of rotatable bonds is 2. The summed E-state index contributed by atoms with van der Waals surface area (Å²) in [5, 5.41) is 4.15. The summed E-state index contributed by atoms with van der Waals surface area (Å²) in [7, 11) is 0. The normalized spacial score (nSPS) is 10.5. The van der Waals surface area contributed by atoms with Crippen molar-refractivity contribution in [3.63, 3.8) is 0 Å². The second-order valence-electron chi connectivity index (χ2n) is 4.02. The first-order chi connectivity index (χ1) is 9.25. The van der Waals surface area contributed by atoms with Crippen LogP contribution in [0.1, 0.15) is 0 Å². The number of nitrogens with one attached hydrogen (secondary N) is 1. The van der Waals surface area contributed by atoms with Crippen LogP contribution in [0, 0.1) is 0 Å². The van der Waals surface area contributed by atoms with Gasteiger partial charge in [0.05, 0.1) is 5.52 Å². The van der Waals surface area contributed by atoms with Crippen molar-refractivity contribution in [3.8, 4) is 0 Å². The first kappa shape index (κ1) is 11.2. The molecule has 0 aliphatic rings. The van der Waals surface area contributed by atoms with Crippen LogP contribution in [0.4, 0.5) is 23.0 Å². The lowest BCUT2D eigenvalue weighted by Gasteiger charge is -2.11. The Hall–Kier alpha value is -2.89. The van der Waals surface area contributed by atoms with E-state index in [4.69, 9.17) is 11.5 Å². The summed E-state index contributed by atoms with van der Waals surface area (Å²) in [5.41, 5.74) is 13.6. The highest BCUT2D eigenvalue weighted by Gasteiger charge is 2.07. The number of benzene rings is 1. The van der Waals surface area contributed by atoms with Crippen molar-refractivity contribution in [2.75, 3.05) is 16.8 Å². The molecule has 0 atom stereocenters. The molecule has 0 saturated heterocycles. The zero-order valence-electron chi connectivity index (χ0n) is 10.0. The Morgan fingerprint density at radius 2 is 1.84 bits per heavy atom. The van der Waals surface area contributed by atoms with Gasteiger partial charge in [0.15, 0.2) is 11.6 Å². The first-order valence-corrected chi connectivity index (χ1v) is 5.72. The fraction of sp³-hybridized carbons (Fsp3) is 0. The van der Waals surface area contributed by atoms with Crippen molar-refractivity contribution in [3.05, 3.63) is 42.9 Å². The topological polar surface area (TPSA) is 103 Å². The van der Waals surface area contributed by atoms with Crippen molar-refractivity contribution in [2.24, 2.45) is 0 Å². The van der Waals surface area contributed by atoms with Gasteiger partial charge in [-0.3, -0.25) is 4.98 Å². The van der Waals surface area contributed by atoms with Gasteiger partial charge in [-0.25, -0.2) is 9.97 Å². The van der Waals surface area contributed by atoms with E-state index in [0.29, 0.717) is 11.5 Å². The molecule has 0 saturated carbocycles. The minimum atomic E-state index is 0.260. The van der Waals surface area contributed by atoms with E-state index in [1.807, 2.05) is 30.3 Å². The summed E-state index contributed by atoms with van der Waals surface area (Å²) in [4.78, 5) is 12.2. The monoisotopic (exact) mass is 252 g/mol. The molecule has 0 amide bonds. The van der Waals surface area contributed by atoms with Crippen LogP contribution in [0.2, 0.25) is 0 Å². The molecular formula is C13H12N6. The largest absolute Gasteiger partial charge is 0.393 e. The minimum Gasteiger partial charge on any atom is -0.393 e. The van der Waals surface area contributed by atoms with Crippen molar-refractivity contribution in [1.29, 1.82) is 0 Å². The van der Waals surface area contributed by atoms with Crippen LogP contribution in [-0.2, 0) is 0 Å². The van der Waals surface area contributed by atoms with Crippen LogP contribution < -0.4 is 16.8 Å². The molecule has 3 aromatic rings. The Morgan fingerprint density at radius 3 is 2.74 bits per heavy atom. The molecule has 2 aromatic heterocycles. The third kappa shape index (κ3) is 1.99. The molecule has 0 aliphatic carbocycles. The summed E-state index contributed by atoms with van der Waals surface area (Å²) in [6, 6.07) is 9.65. The summed E-state index contributed by atoms with van der Waals surface area (Å²) < 4.78 is 0. The fourth-order valence-corrected chi connectivity index (χ4v) is 1.85.